The van der Waals surface area contributed by atoms with E-state index in [0.29, 0.717) is 22.5 Å². The van der Waals surface area contributed by atoms with Crippen LogP contribution in [-0.2, 0) is 26.0 Å². The van der Waals surface area contributed by atoms with Crippen LogP contribution >= 0.6 is 0 Å². The predicted molar refractivity (Wildman–Crippen MR) is 138 cm³/mol. The average molecular weight is 538 g/mol. The highest BCUT2D eigenvalue weighted by Crippen LogP contribution is 2.44. The van der Waals surface area contributed by atoms with Gasteiger partial charge in [0, 0.05) is 30.5 Å². The quantitative estimate of drug-likeness (QED) is 0.491. The summed E-state index contributed by atoms with van der Waals surface area (Å²) >= 11 is 0. The molecule has 1 heterocycles. The zero-order chi connectivity index (χ0) is 27.9. The minimum Gasteiger partial charge on any atom is -0.460 e. The van der Waals surface area contributed by atoms with Gasteiger partial charge in [0.1, 0.15) is 11.4 Å². The third kappa shape index (κ3) is 6.82. The van der Waals surface area contributed by atoms with E-state index in [1.54, 1.807) is 26.8 Å². The molecule has 3 atom stereocenters. The van der Waals surface area contributed by atoms with Gasteiger partial charge in [-0.3, -0.25) is 4.79 Å². The smallest absolute Gasteiger partial charge is 0.308 e. The third-order valence-corrected chi connectivity index (χ3v) is 7.40. The lowest BCUT2D eigenvalue weighted by molar-refractivity contribution is -0.157. The summed E-state index contributed by atoms with van der Waals surface area (Å²) in [5.74, 6) is -1.77. The van der Waals surface area contributed by atoms with Gasteiger partial charge in [-0.05, 0) is 56.9 Å². The van der Waals surface area contributed by atoms with E-state index in [0.717, 1.165) is 16.1 Å². The van der Waals surface area contributed by atoms with Gasteiger partial charge in [-0.2, -0.15) is 0 Å². The van der Waals surface area contributed by atoms with Gasteiger partial charge in [0.25, 0.3) is 0 Å². The number of rotatable bonds is 8. The standard InChI is InChI=1S/C26H36FN3O6S/c1-14(2)23-20-13-19(21(32)11-16(31)12-22(33)36-26(3,4)5)18-10-15(27)8-9-17(18)24(20)29-25(28-23)30(6)37(7,34)35/h8-10,14,16,19,21,31-32H,11-13H2,1-7H3/t16-,19-,21+/m1/s1. The Morgan fingerprint density at radius 1 is 1.24 bits per heavy atom. The Balaban J connectivity index is 2.01. The maximum atomic E-state index is 14.4. The molecular weight excluding hydrogens is 501 g/mol. The van der Waals surface area contributed by atoms with E-state index >= 15 is 0 Å². The highest BCUT2D eigenvalue weighted by molar-refractivity contribution is 7.92. The molecule has 0 bridgehead atoms. The largest absolute Gasteiger partial charge is 0.460 e. The van der Waals surface area contributed by atoms with E-state index in [2.05, 4.69) is 9.97 Å². The molecule has 0 saturated heterocycles. The Bertz CT molecular complexity index is 1280. The predicted octanol–water partition coefficient (Wildman–Crippen LogP) is 3.29. The number of benzene rings is 1. The minimum atomic E-state index is -3.63. The van der Waals surface area contributed by atoms with Gasteiger partial charge in [-0.15, -0.1) is 0 Å². The average Bonchev–Trinajstić information content (AvgIpc) is 2.74. The number of hydrogen-bond donors (Lipinski definition) is 2. The van der Waals surface area contributed by atoms with Crippen LogP contribution in [0.4, 0.5) is 10.3 Å². The summed E-state index contributed by atoms with van der Waals surface area (Å²) < 4.78 is 45.0. The van der Waals surface area contributed by atoms with Crippen molar-refractivity contribution in [1.29, 1.82) is 0 Å². The van der Waals surface area contributed by atoms with Crippen molar-refractivity contribution in [3.8, 4) is 11.3 Å². The van der Waals surface area contributed by atoms with Crippen molar-refractivity contribution in [2.24, 2.45) is 0 Å². The van der Waals surface area contributed by atoms with E-state index < -0.39 is 45.5 Å². The lowest BCUT2D eigenvalue weighted by Gasteiger charge is -2.33. The second-order valence-corrected chi connectivity index (χ2v) is 12.9. The number of halogens is 1. The van der Waals surface area contributed by atoms with E-state index in [9.17, 15) is 27.8 Å². The van der Waals surface area contributed by atoms with Gasteiger partial charge in [-0.25, -0.2) is 27.1 Å². The Kier molecular flexibility index (Phi) is 8.31. The summed E-state index contributed by atoms with van der Waals surface area (Å²) in [4.78, 5) is 21.2. The van der Waals surface area contributed by atoms with Crippen LogP contribution in [0.5, 0.6) is 0 Å². The number of aliphatic hydroxyl groups excluding tert-OH is 2. The zero-order valence-corrected chi connectivity index (χ0v) is 23.1. The molecule has 1 aromatic heterocycles. The maximum absolute atomic E-state index is 14.4. The van der Waals surface area contributed by atoms with Crippen molar-refractivity contribution < 1.29 is 32.6 Å². The number of anilines is 1. The number of carbonyl (C=O) groups excluding carboxylic acids is 1. The summed E-state index contributed by atoms with van der Waals surface area (Å²) in [5, 5.41) is 21.7. The highest BCUT2D eigenvalue weighted by Gasteiger charge is 2.36. The minimum absolute atomic E-state index is 0.00649. The van der Waals surface area contributed by atoms with E-state index in [-0.39, 0.29) is 31.1 Å². The van der Waals surface area contributed by atoms with Crippen molar-refractivity contribution in [1.82, 2.24) is 9.97 Å². The topological polar surface area (TPSA) is 130 Å². The SMILES string of the molecule is CC(C)c1nc(N(C)S(C)(=O)=O)nc2c1C[C@@H]([C@@H](O)C[C@@H](O)CC(=O)OC(C)(C)C)c1cc(F)ccc1-2. The molecule has 0 saturated carbocycles. The first-order chi connectivity index (χ1) is 17.0. The van der Waals surface area contributed by atoms with Crippen LogP contribution in [0, 0.1) is 5.82 Å². The highest BCUT2D eigenvalue weighted by atomic mass is 32.2. The number of aliphatic hydroxyl groups is 2. The van der Waals surface area contributed by atoms with Gasteiger partial charge in [0.2, 0.25) is 16.0 Å². The lowest BCUT2D eigenvalue weighted by Crippen LogP contribution is -2.32. The Morgan fingerprint density at radius 3 is 2.46 bits per heavy atom. The summed E-state index contributed by atoms with van der Waals surface area (Å²) in [6, 6.07) is 4.16. The van der Waals surface area contributed by atoms with Crippen molar-refractivity contribution >= 4 is 21.9 Å². The van der Waals surface area contributed by atoms with Crippen LogP contribution < -0.4 is 4.31 Å². The van der Waals surface area contributed by atoms with Gasteiger partial charge in [0.15, 0.2) is 0 Å². The van der Waals surface area contributed by atoms with Gasteiger partial charge >= 0.3 is 5.97 Å². The molecule has 0 fully saturated rings. The molecule has 1 aliphatic carbocycles. The Labute approximate surface area is 217 Å². The van der Waals surface area contributed by atoms with Crippen LogP contribution in [0.2, 0.25) is 0 Å². The Hall–Kier alpha value is -2.63. The molecule has 2 aromatic rings. The summed E-state index contributed by atoms with van der Waals surface area (Å²) in [7, 11) is -2.26. The van der Waals surface area contributed by atoms with Crippen molar-refractivity contribution in [2.45, 2.75) is 83.5 Å². The number of sulfonamides is 1. The van der Waals surface area contributed by atoms with Crippen LogP contribution in [0.25, 0.3) is 11.3 Å². The van der Waals surface area contributed by atoms with E-state index in [1.807, 2.05) is 13.8 Å². The molecule has 9 nitrogen and oxygen atoms in total. The third-order valence-electron chi connectivity index (χ3n) is 6.25. The number of aromatic nitrogens is 2. The van der Waals surface area contributed by atoms with E-state index in [4.69, 9.17) is 4.74 Å². The molecule has 37 heavy (non-hydrogen) atoms. The maximum Gasteiger partial charge on any atom is 0.308 e. The first-order valence-corrected chi connectivity index (χ1v) is 14.0. The summed E-state index contributed by atoms with van der Waals surface area (Å²) in [5.41, 5.74) is 2.18. The number of ether oxygens (including phenoxy) is 1. The molecule has 0 aliphatic heterocycles. The normalized spacial score (nSPS) is 17.1. The molecule has 2 N–H and O–H groups in total. The molecule has 3 rings (SSSR count). The number of fused-ring (bicyclic) bond motifs is 3. The molecule has 0 spiro atoms. The van der Waals surface area contributed by atoms with Crippen LogP contribution in [0.3, 0.4) is 0 Å². The van der Waals surface area contributed by atoms with Crippen LogP contribution in [0.1, 0.15) is 76.1 Å². The molecule has 1 aromatic carbocycles. The van der Waals surface area contributed by atoms with Crippen LogP contribution in [-0.4, -0.2) is 65.7 Å². The van der Waals surface area contributed by atoms with Gasteiger partial charge in [-0.1, -0.05) is 13.8 Å². The Morgan fingerprint density at radius 2 is 1.89 bits per heavy atom. The fraction of sp³-hybridized carbons (Fsp3) is 0.577. The summed E-state index contributed by atoms with van der Waals surface area (Å²) in [6.45, 7) is 9.02. The second kappa shape index (κ2) is 10.6. The lowest BCUT2D eigenvalue weighted by atomic mass is 9.75. The second-order valence-electron chi connectivity index (χ2n) is 10.9. The zero-order valence-electron chi connectivity index (χ0n) is 22.3. The molecule has 1 aliphatic rings. The van der Waals surface area contributed by atoms with Crippen molar-refractivity contribution in [2.75, 3.05) is 17.6 Å². The molecular formula is C26H36FN3O6S. The number of carbonyl (C=O) groups is 1. The van der Waals surface area contributed by atoms with Gasteiger partial charge < -0.3 is 14.9 Å². The number of hydrogen-bond acceptors (Lipinski definition) is 8. The first kappa shape index (κ1) is 28.9. The monoisotopic (exact) mass is 537 g/mol. The van der Waals surface area contributed by atoms with Crippen molar-refractivity contribution in [3.63, 3.8) is 0 Å². The molecule has 0 unspecified atom stereocenters. The number of esters is 1. The number of nitrogens with zero attached hydrogens (tertiary/aromatic N) is 3. The van der Waals surface area contributed by atoms with E-state index in [1.165, 1.54) is 19.2 Å². The van der Waals surface area contributed by atoms with Crippen molar-refractivity contribution in [3.05, 3.63) is 40.8 Å². The summed E-state index contributed by atoms with van der Waals surface area (Å²) in [6.07, 6.45) is -1.36. The fourth-order valence-electron chi connectivity index (χ4n) is 4.51. The molecule has 204 valence electrons. The molecule has 0 radical (unpaired) electrons. The van der Waals surface area contributed by atoms with Crippen LogP contribution in [0.15, 0.2) is 18.2 Å². The fourth-order valence-corrected chi connectivity index (χ4v) is 4.89. The molecule has 0 amide bonds. The first-order valence-electron chi connectivity index (χ1n) is 12.2. The molecule has 11 heteroatoms. The van der Waals surface area contributed by atoms with Gasteiger partial charge in [0.05, 0.1) is 36.3 Å².